The fourth-order valence-corrected chi connectivity index (χ4v) is 3.53. The Morgan fingerprint density at radius 1 is 1.31 bits per heavy atom. The molecule has 0 aromatic carbocycles. The summed E-state index contributed by atoms with van der Waals surface area (Å²) in [5.74, 6) is 2.78. The molecule has 2 fully saturated rings. The summed E-state index contributed by atoms with van der Waals surface area (Å²) in [5, 5.41) is 8.84. The number of nitrogens with zero attached hydrogens (tertiary/aromatic N) is 2. The highest BCUT2D eigenvalue weighted by Gasteiger charge is 2.29. The molecule has 1 N–H and O–H groups in total. The fraction of sp³-hybridized carbons (Fsp3) is 0.909. The van der Waals surface area contributed by atoms with Crippen LogP contribution in [0.3, 0.4) is 0 Å². The topological polar surface area (TPSA) is 43.8 Å². The number of aliphatic hydroxyl groups is 1. The Labute approximate surface area is 101 Å². The van der Waals surface area contributed by atoms with Crippen LogP contribution in [-0.4, -0.2) is 71.6 Å². The van der Waals surface area contributed by atoms with Crippen LogP contribution < -0.4 is 0 Å². The van der Waals surface area contributed by atoms with Crippen LogP contribution >= 0.6 is 11.8 Å². The summed E-state index contributed by atoms with van der Waals surface area (Å²) in [6.07, 6.45) is 1.06. The molecule has 0 radical (unpaired) electrons. The largest absolute Gasteiger partial charge is 0.395 e. The molecule has 0 aliphatic carbocycles. The first-order valence-electron chi connectivity index (χ1n) is 6.01. The first-order valence-corrected chi connectivity index (χ1v) is 7.16. The Morgan fingerprint density at radius 3 is 2.62 bits per heavy atom. The first-order chi connectivity index (χ1) is 7.81. The quantitative estimate of drug-likeness (QED) is 0.751. The molecule has 2 aliphatic heterocycles. The Morgan fingerprint density at radius 2 is 2.06 bits per heavy atom. The zero-order valence-electron chi connectivity index (χ0n) is 9.60. The maximum atomic E-state index is 12.1. The number of amides is 1. The number of aliphatic hydroxyl groups excluding tert-OH is 1. The van der Waals surface area contributed by atoms with Crippen molar-refractivity contribution in [1.82, 2.24) is 9.80 Å². The van der Waals surface area contributed by atoms with Gasteiger partial charge in [0.05, 0.1) is 6.61 Å². The lowest BCUT2D eigenvalue weighted by molar-refractivity contribution is -0.136. The molecule has 1 atom stereocenters. The third-order valence-electron chi connectivity index (χ3n) is 3.38. The molecule has 1 unspecified atom stereocenters. The van der Waals surface area contributed by atoms with E-state index in [2.05, 4.69) is 4.90 Å². The summed E-state index contributed by atoms with van der Waals surface area (Å²) < 4.78 is 0. The van der Waals surface area contributed by atoms with E-state index in [4.69, 9.17) is 5.11 Å². The predicted molar refractivity (Wildman–Crippen MR) is 65.5 cm³/mol. The van der Waals surface area contributed by atoms with Crippen molar-refractivity contribution in [2.45, 2.75) is 6.42 Å². The van der Waals surface area contributed by atoms with E-state index < -0.39 is 0 Å². The molecule has 1 amide bonds. The lowest BCUT2D eigenvalue weighted by atomic mass is 10.1. The van der Waals surface area contributed by atoms with Crippen molar-refractivity contribution in [3.63, 3.8) is 0 Å². The van der Waals surface area contributed by atoms with Gasteiger partial charge < -0.3 is 10.0 Å². The highest BCUT2D eigenvalue weighted by Crippen LogP contribution is 2.25. The smallest absolute Gasteiger partial charge is 0.226 e. The van der Waals surface area contributed by atoms with Gasteiger partial charge in [0.15, 0.2) is 0 Å². The third-order valence-corrected chi connectivity index (χ3v) is 4.54. The minimum absolute atomic E-state index is 0.215. The molecule has 0 spiro atoms. The number of rotatable bonds is 3. The Bertz CT molecular complexity index is 236. The van der Waals surface area contributed by atoms with Gasteiger partial charge in [-0.25, -0.2) is 0 Å². The molecule has 4 nitrogen and oxygen atoms in total. The molecule has 5 heteroatoms. The number of hydrogen-bond acceptors (Lipinski definition) is 4. The van der Waals surface area contributed by atoms with Gasteiger partial charge >= 0.3 is 0 Å². The van der Waals surface area contributed by atoms with E-state index in [-0.39, 0.29) is 12.5 Å². The SMILES string of the molecule is O=C(C1CCSC1)N1CCN(CCO)CC1. The van der Waals surface area contributed by atoms with Crippen LogP contribution in [0, 0.1) is 5.92 Å². The van der Waals surface area contributed by atoms with Crippen molar-refractivity contribution in [1.29, 1.82) is 0 Å². The maximum absolute atomic E-state index is 12.1. The van der Waals surface area contributed by atoms with Crippen molar-refractivity contribution in [2.75, 3.05) is 50.8 Å². The number of carbonyl (C=O) groups is 1. The minimum atomic E-state index is 0.215. The number of thioether (sulfide) groups is 1. The summed E-state index contributed by atoms with van der Waals surface area (Å²) >= 11 is 1.89. The van der Waals surface area contributed by atoms with Gasteiger partial charge in [-0.05, 0) is 12.2 Å². The molecule has 2 saturated heterocycles. The summed E-state index contributed by atoms with van der Waals surface area (Å²) in [5.41, 5.74) is 0. The van der Waals surface area contributed by atoms with E-state index in [0.717, 1.165) is 50.7 Å². The van der Waals surface area contributed by atoms with Crippen molar-refractivity contribution in [3.05, 3.63) is 0 Å². The van der Waals surface area contributed by atoms with Crippen LogP contribution in [0.4, 0.5) is 0 Å². The first kappa shape index (κ1) is 12.2. The van der Waals surface area contributed by atoms with Gasteiger partial charge in [-0.2, -0.15) is 11.8 Å². The van der Waals surface area contributed by atoms with Gasteiger partial charge in [0.2, 0.25) is 5.91 Å². The fourth-order valence-electron chi connectivity index (χ4n) is 2.32. The second-order valence-corrected chi connectivity index (χ2v) is 5.60. The number of carbonyl (C=O) groups excluding carboxylic acids is 1. The van der Waals surface area contributed by atoms with Gasteiger partial charge in [-0.1, -0.05) is 0 Å². The second kappa shape index (κ2) is 5.89. The average Bonchev–Trinajstić information content (AvgIpc) is 2.83. The van der Waals surface area contributed by atoms with Gasteiger partial charge in [0.1, 0.15) is 0 Å². The summed E-state index contributed by atoms with van der Waals surface area (Å²) in [4.78, 5) is 16.3. The summed E-state index contributed by atoms with van der Waals surface area (Å²) in [6.45, 7) is 4.44. The predicted octanol–water partition coefficient (Wildman–Crippen LogP) is -0.124. The Balaban J connectivity index is 1.77. The normalized spacial score (nSPS) is 27.3. The van der Waals surface area contributed by atoms with Crippen LogP contribution in [0.25, 0.3) is 0 Å². The molecule has 0 bridgehead atoms. The lowest BCUT2D eigenvalue weighted by Crippen LogP contribution is -2.50. The van der Waals surface area contributed by atoms with Crippen LogP contribution in [0.1, 0.15) is 6.42 Å². The zero-order chi connectivity index (χ0) is 11.4. The number of hydrogen-bond donors (Lipinski definition) is 1. The standard InChI is InChI=1S/C11H20N2O2S/c14-7-6-12-2-4-13(5-3-12)11(15)10-1-8-16-9-10/h10,14H,1-9H2. The van der Waals surface area contributed by atoms with Gasteiger partial charge in [0.25, 0.3) is 0 Å². The zero-order valence-corrected chi connectivity index (χ0v) is 10.4. The van der Waals surface area contributed by atoms with Gasteiger partial charge in [-0.3, -0.25) is 9.69 Å². The molecular formula is C11H20N2O2S. The Kier molecular flexibility index (Phi) is 4.49. The molecular weight excluding hydrogens is 224 g/mol. The maximum Gasteiger partial charge on any atom is 0.226 e. The van der Waals surface area contributed by atoms with Gasteiger partial charge in [0, 0.05) is 44.4 Å². The summed E-state index contributed by atoms with van der Waals surface area (Å²) in [6, 6.07) is 0. The Hall–Kier alpha value is -0.260. The highest BCUT2D eigenvalue weighted by atomic mass is 32.2. The van der Waals surface area contributed by atoms with Crippen LogP contribution in [0.5, 0.6) is 0 Å². The van der Waals surface area contributed by atoms with Crippen LogP contribution in [0.2, 0.25) is 0 Å². The molecule has 2 aliphatic rings. The van der Waals surface area contributed by atoms with E-state index in [0.29, 0.717) is 5.91 Å². The molecule has 16 heavy (non-hydrogen) atoms. The van der Waals surface area contributed by atoms with Crippen LogP contribution in [-0.2, 0) is 4.79 Å². The average molecular weight is 244 g/mol. The van der Waals surface area contributed by atoms with Gasteiger partial charge in [-0.15, -0.1) is 0 Å². The van der Waals surface area contributed by atoms with Crippen molar-refractivity contribution >= 4 is 17.7 Å². The monoisotopic (exact) mass is 244 g/mol. The molecule has 0 aromatic heterocycles. The molecule has 2 rings (SSSR count). The second-order valence-electron chi connectivity index (χ2n) is 4.45. The summed E-state index contributed by atoms with van der Waals surface area (Å²) in [7, 11) is 0. The van der Waals surface area contributed by atoms with Crippen molar-refractivity contribution in [2.24, 2.45) is 5.92 Å². The van der Waals surface area contributed by atoms with E-state index >= 15 is 0 Å². The van der Waals surface area contributed by atoms with E-state index in [1.807, 2.05) is 16.7 Å². The number of piperazine rings is 1. The molecule has 0 aromatic rings. The third kappa shape index (κ3) is 2.90. The molecule has 92 valence electrons. The highest BCUT2D eigenvalue weighted by molar-refractivity contribution is 7.99. The van der Waals surface area contributed by atoms with Crippen LogP contribution in [0.15, 0.2) is 0 Å². The minimum Gasteiger partial charge on any atom is -0.395 e. The molecule has 2 heterocycles. The van der Waals surface area contributed by atoms with Crippen molar-refractivity contribution < 1.29 is 9.90 Å². The van der Waals surface area contributed by atoms with E-state index in [9.17, 15) is 4.79 Å². The van der Waals surface area contributed by atoms with E-state index in [1.54, 1.807) is 0 Å². The van der Waals surface area contributed by atoms with Crippen molar-refractivity contribution in [3.8, 4) is 0 Å². The molecule has 0 saturated carbocycles. The lowest BCUT2D eigenvalue weighted by Gasteiger charge is -2.35. The van der Waals surface area contributed by atoms with E-state index in [1.165, 1.54) is 0 Å². The number of β-amino-alcohol motifs (C(OH)–C–C–N with tert-alkyl or cyclic N) is 1.